The molecule has 0 bridgehead atoms. The fourth-order valence-corrected chi connectivity index (χ4v) is 0. The Balaban J connectivity index is 3.20. The minimum atomic E-state index is -0.356. The fourth-order valence-electron chi connectivity index (χ4n) is 0. The van der Waals surface area contributed by atoms with E-state index in [0.717, 1.165) is 0 Å². The third-order valence-corrected chi connectivity index (χ3v) is 0.203. The first-order valence-electron chi connectivity index (χ1n) is 1.20. The molecule has 0 aliphatic heterocycles. The van der Waals surface area contributed by atoms with Crippen LogP contribution in [0.5, 0.6) is 0 Å². The summed E-state index contributed by atoms with van der Waals surface area (Å²) >= 11 is 0. The molecule has 0 heterocycles. The van der Waals surface area contributed by atoms with Gasteiger partial charge in [0.1, 0.15) is 0 Å². The van der Waals surface area contributed by atoms with E-state index < -0.39 is 0 Å². The van der Waals surface area contributed by atoms with Gasteiger partial charge < -0.3 is 0 Å². The molecule has 2 nitrogen and oxygen atoms in total. The number of carbonyl (C=O) groups excluding carboxylic acids is 2. The lowest BCUT2D eigenvalue weighted by molar-refractivity contribution is -0.365. The summed E-state index contributed by atoms with van der Waals surface area (Å²) < 4.78 is 3.86. The minimum Gasteiger partial charge on any atom is -0.288 e. The van der Waals surface area contributed by atoms with Crippen LogP contribution in [0.3, 0.4) is 0 Å². The first-order valence-corrected chi connectivity index (χ1v) is 1.20. The van der Waals surface area contributed by atoms with Crippen LogP contribution in [0, 0.1) is 0 Å². The smallest absolute Gasteiger partial charge is 0.288 e. The monoisotopic (exact) mass is 73.0 g/mol. The van der Waals surface area contributed by atoms with Gasteiger partial charge in [-0.3, -0.25) is 4.42 Å². The molecule has 5 heavy (non-hydrogen) atoms. The van der Waals surface area contributed by atoms with Crippen molar-refractivity contribution >= 4 is 12.8 Å². The van der Waals surface area contributed by atoms with Crippen molar-refractivity contribution in [3.05, 3.63) is 0 Å². The predicted molar refractivity (Wildman–Crippen MR) is 17.8 cm³/mol. The zero-order chi connectivity index (χ0) is 4.28. The van der Waals surface area contributed by atoms with Crippen molar-refractivity contribution in [2.75, 3.05) is 0 Å². The molecule has 0 spiro atoms. The highest BCUT2D eigenvalue weighted by molar-refractivity contribution is 5.62. The molecule has 28 valence electrons. The highest BCUT2D eigenvalue weighted by Crippen LogP contribution is 1.50. The molecule has 0 saturated heterocycles. The van der Waals surface area contributed by atoms with Gasteiger partial charge >= 0.3 is 5.97 Å². The molecule has 2 heteroatoms. The number of carbonyl (C=O) groups is 1. The molecular weight excluding hydrogens is 68.0 g/mol. The fraction of sp³-hybridized carbons (Fsp3) is 0.333. The van der Waals surface area contributed by atoms with E-state index in [1.807, 2.05) is 0 Å². The topological polar surface area (TPSA) is 28.4 Å². The maximum absolute atomic E-state index is 9.53. The van der Waals surface area contributed by atoms with Gasteiger partial charge in [-0.25, -0.2) is 0 Å². The van der Waals surface area contributed by atoms with Crippen LogP contribution in [0.4, 0.5) is 0 Å². The molecular formula is C3H5O2+. The summed E-state index contributed by atoms with van der Waals surface area (Å²) in [7, 11) is 0. The van der Waals surface area contributed by atoms with E-state index in [2.05, 4.69) is 11.2 Å². The van der Waals surface area contributed by atoms with Gasteiger partial charge in [-0.05, 0) is 0 Å². The van der Waals surface area contributed by atoms with E-state index in [1.165, 1.54) is 6.92 Å². The lowest BCUT2D eigenvalue weighted by Gasteiger charge is -1.49. The molecule has 0 aromatic rings. The highest BCUT2D eigenvalue weighted by atomic mass is 16.4. The lowest BCUT2D eigenvalue weighted by atomic mass is 10.8. The number of rotatable bonds is 0. The zero-order valence-corrected chi connectivity index (χ0v) is 3.02. The van der Waals surface area contributed by atoms with Gasteiger partial charge in [-0.15, -0.1) is 0 Å². The van der Waals surface area contributed by atoms with Gasteiger partial charge in [0, 0.05) is 4.79 Å². The summed E-state index contributed by atoms with van der Waals surface area (Å²) in [6.45, 7) is 4.13. The largest absolute Gasteiger partial charge is 0.576 e. The van der Waals surface area contributed by atoms with Gasteiger partial charge in [0.25, 0.3) is 0 Å². The van der Waals surface area contributed by atoms with Crippen molar-refractivity contribution in [3.63, 3.8) is 0 Å². The average Bonchev–Trinajstić information content (AvgIpc) is 1.38. The lowest BCUT2D eigenvalue weighted by Crippen LogP contribution is -1.82. The molecule has 0 aromatic carbocycles. The Morgan fingerprint density at radius 2 is 2.20 bits per heavy atom. The maximum atomic E-state index is 9.53. The highest BCUT2D eigenvalue weighted by Gasteiger charge is 1.92. The Kier molecular flexibility index (Phi) is 1.42. The Hall–Kier alpha value is -0.660. The summed E-state index contributed by atoms with van der Waals surface area (Å²) in [6.07, 6.45) is 0. The predicted octanol–water partition coefficient (Wildman–Crippen LogP) is -0.103. The van der Waals surface area contributed by atoms with Gasteiger partial charge in [0.05, 0.1) is 6.92 Å². The molecule has 0 aliphatic rings. The van der Waals surface area contributed by atoms with E-state index in [-0.39, 0.29) is 5.97 Å². The minimum absolute atomic E-state index is 0.356. The first kappa shape index (κ1) is 4.34. The summed E-state index contributed by atoms with van der Waals surface area (Å²) in [4.78, 5) is 9.53. The third-order valence-electron chi connectivity index (χ3n) is 0.203. The van der Waals surface area contributed by atoms with Crippen molar-refractivity contribution < 1.29 is 9.22 Å². The van der Waals surface area contributed by atoms with Crippen molar-refractivity contribution in [3.8, 4) is 0 Å². The first-order chi connectivity index (χ1) is 2.27. The van der Waals surface area contributed by atoms with E-state index >= 15 is 0 Å². The van der Waals surface area contributed by atoms with Gasteiger partial charge in [-0.2, -0.15) is 0 Å². The summed E-state index contributed by atoms with van der Waals surface area (Å²) in [5.74, 6) is -0.356. The van der Waals surface area contributed by atoms with E-state index in [4.69, 9.17) is 0 Å². The molecule has 0 amide bonds. The van der Waals surface area contributed by atoms with Crippen LogP contribution in [0.2, 0.25) is 0 Å². The van der Waals surface area contributed by atoms with Crippen molar-refractivity contribution in [2.45, 2.75) is 6.92 Å². The van der Waals surface area contributed by atoms with Crippen LogP contribution in [0.25, 0.3) is 0 Å². The quantitative estimate of drug-likeness (QED) is 0.368. The number of hydrogen-bond acceptors (Lipinski definition) is 1. The molecule has 0 unspecified atom stereocenters. The molecule has 0 N–H and O–H groups in total. The average molecular weight is 73.1 g/mol. The Morgan fingerprint density at radius 3 is 2.20 bits per heavy atom. The maximum Gasteiger partial charge on any atom is 0.576 e. The molecule has 0 aromatic heterocycles. The molecule has 0 radical (unpaired) electrons. The molecule has 0 atom stereocenters. The summed E-state index contributed by atoms with van der Waals surface area (Å²) in [6, 6.07) is 0. The normalized spacial score (nSPS) is 6.60. The Bertz CT molecular complexity index is 55.9. The second-order valence-corrected chi connectivity index (χ2v) is 0.636. The standard InChI is InChI=1S/C3H5O2/c1-3(4)5-2/h2H2,1H3/q+1. The van der Waals surface area contributed by atoms with E-state index in [1.54, 1.807) is 0 Å². The molecule has 0 fully saturated rings. The van der Waals surface area contributed by atoms with Crippen molar-refractivity contribution in [1.82, 2.24) is 0 Å². The van der Waals surface area contributed by atoms with Crippen LogP contribution in [-0.2, 0) is 9.22 Å². The van der Waals surface area contributed by atoms with Crippen LogP contribution >= 0.6 is 0 Å². The second-order valence-electron chi connectivity index (χ2n) is 0.636. The van der Waals surface area contributed by atoms with Crippen LogP contribution < -0.4 is 0 Å². The molecule has 0 aliphatic carbocycles. The van der Waals surface area contributed by atoms with E-state index in [9.17, 15) is 4.79 Å². The number of hydrogen-bond donors (Lipinski definition) is 0. The van der Waals surface area contributed by atoms with Gasteiger partial charge in [0.15, 0.2) is 6.79 Å². The Morgan fingerprint density at radius 1 is 2.00 bits per heavy atom. The van der Waals surface area contributed by atoms with Gasteiger partial charge in [-0.1, -0.05) is 0 Å². The van der Waals surface area contributed by atoms with Gasteiger partial charge in [0.2, 0.25) is 0 Å². The van der Waals surface area contributed by atoms with Crippen molar-refractivity contribution in [2.24, 2.45) is 0 Å². The van der Waals surface area contributed by atoms with Crippen molar-refractivity contribution in [1.29, 1.82) is 0 Å². The van der Waals surface area contributed by atoms with Crippen LogP contribution in [-0.4, -0.2) is 12.8 Å². The summed E-state index contributed by atoms with van der Waals surface area (Å²) in [5, 5.41) is 0. The third kappa shape index (κ3) is 3.34. The molecule has 0 saturated carbocycles. The van der Waals surface area contributed by atoms with Crippen LogP contribution in [0.15, 0.2) is 0 Å². The summed E-state index contributed by atoms with van der Waals surface area (Å²) in [5.41, 5.74) is 0. The van der Waals surface area contributed by atoms with Crippen LogP contribution in [0.1, 0.15) is 6.92 Å². The molecule has 0 rings (SSSR count). The zero-order valence-electron chi connectivity index (χ0n) is 3.02. The Labute approximate surface area is 30.1 Å². The second kappa shape index (κ2) is 1.64. The van der Waals surface area contributed by atoms with E-state index in [0.29, 0.717) is 0 Å². The SMILES string of the molecule is C=[O+]C(C)=O.